The van der Waals surface area contributed by atoms with Gasteiger partial charge >= 0.3 is 0 Å². The number of hydrogen-bond acceptors (Lipinski definition) is 2. The van der Waals surface area contributed by atoms with E-state index in [0.29, 0.717) is 5.56 Å². The topological polar surface area (TPSA) is 33.1 Å². The number of rotatable bonds is 2. The first-order valence-electron chi connectivity index (χ1n) is 5.00. The first-order valence-corrected chi connectivity index (χ1v) is 5.00. The molecule has 0 radical (unpaired) electrons. The average molecular weight is 217 g/mol. The highest BCUT2D eigenvalue weighted by Gasteiger charge is 2.28. The summed E-state index contributed by atoms with van der Waals surface area (Å²) in [6.07, 6.45) is 2.57. The second kappa shape index (κ2) is 4.02. The summed E-state index contributed by atoms with van der Waals surface area (Å²) in [5, 5.41) is 10.4. The Morgan fingerprint density at radius 1 is 1.19 bits per heavy atom. The van der Waals surface area contributed by atoms with Crippen molar-refractivity contribution in [3.05, 3.63) is 65.7 Å². The third-order valence-corrected chi connectivity index (χ3v) is 2.63. The van der Waals surface area contributed by atoms with Crippen molar-refractivity contribution >= 4 is 0 Å². The number of pyridine rings is 1. The summed E-state index contributed by atoms with van der Waals surface area (Å²) in [6.45, 7) is 1.57. The Hall–Kier alpha value is -1.74. The normalized spacial score (nSPS) is 14.4. The number of benzene rings is 1. The summed E-state index contributed by atoms with van der Waals surface area (Å²) in [4.78, 5) is 3.67. The minimum atomic E-state index is -1.34. The van der Waals surface area contributed by atoms with Crippen molar-refractivity contribution in [2.75, 3.05) is 0 Å². The molecular weight excluding hydrogens is 205 g/mol. The SMILES string of the molecule is CC(O)(c1ccccc1)c1ccncc1F. The molecule has 1 aromatic heterocycles. The number of halogens is 1. The van der Waals surface area contributed by atoms with Gasteiger partial charge in [0.05, 0.1) is 6.20 Å². The standard InChI is InChI=1S/C13H12FNO/c1-13(16,10-5-3-2-4-6-10)11-7-8-15-9-12(11)14/h2-9,16H,1H3. The van der Waals surface area contributed by atoms with Crippen LogP contribution in [0.15, 0.2) is 48.8 Å². The molecule has 0 aliphatic carbocycles. The lowest BCUT2D eigenvalue weighted by atomic mass is 9.89. The molecule has 0 fully saturated rings. The van der Waals surface area contributed by atoms with Crippen LogP contribution in [0.5, 0.6) is 0 Å². The second-order valence-corrected chi connectivity index (χ2v) is 3.79. The fourth-order valence-corrected chi connectivity index (χ4v) is 1.69. The van der Waals surface area contributed by atoms with Gasteiger partial charge in [-0.05, 0) is 18.6 Å². The maximum absolute atomic E-state index is 13.5. The molecule has 0 saturated carbocycles. The molecule has 0 amide bonds. The minimum Gasteiger partial charge on any atom is -0.381 e. The zero-order valence-corrected chi connectivity index (χ0v) is 8.89. The largest absolute Gasteiger partial charge is 0.381 e. The van der Waals surface area contributed by atoms with E-state index >= 15 is 0 Å². The molecule has 0 aliphatic rings. The van der Waals surface area contributed by atoms with Gasteiger partial charge < -0.3 is 5.11 Å². The Kier molecular flexibility index (Phi) is 2.71. The van der Waals surface area contributed by atoms with Crippen LogP contribution in [-0.2, 0) is 5.60 Å². The van der Waals surface area contributed by atoms with E-state index in [0.717, 1.165) is 6.20 Å². The molecule has 1 heterocycles. The fourth-order valence-electron chi connectivity index (χ4n) is 1.69. The molecule has 0 aliphatic heterocycles. The predicted octanol–water partition coefficient (Wildman–Crippen LogP) is 2.48. The Labute approximate surface area is 93.4 Å². The van der Waals surface area contributed by atoms with Crippen molar-refractivity contribution in [1.82, 2.24) is 4.98 Å². The van der Waals surface area contributed by atoms with E-state index in [1.807, 2.05) is 18.2 Å². The molecule has 2 nitrogen and oxygen atoms in total. The van der Waals surface area contributed by atoms with Gasteiger partial charge in [-0.2, -0.15) is 0 Å². The number of aliphatic hydroxyl groups is 1. The van der Waals surface area contributed by atoms with Crippen molar-refractivity contribution in [1.29, 1.82) is 0 Å². The maximum Gasteiger partial charge on any atom is 0.147 e. The lowest BCUT2D eigenvalue weighted by Crippen LogP contribution is -2.24. The van der Waals surface area contributed by atoms with Crippen LogP contribution < -0.4 is 0 Å². The van der Waals surface area contributed by atoms with E-state index in [1.165, 1.54) is 12.3 Å². The van der Waals surface area contributed by atoms with E-state index in [4.69, 9.17) is 0 Å². The van der Waals surface area contributed by atoms with Gasteiger partial charge in [0.2, 0.25) is 0 Å². The van der Waals surface area contributed by atoms with E-state index in [2.05, 4.69) is 4.98 Å². The van der Waals surface area contributed by atoms with Gasteiger partial charge in [0.15, 0.2) is 0 Å². The van der Waals surface area contributed by atoms with Gasteiger partial charge in [-0.3, -0.25) is 4.98 Å². The first-order chi connectivity index (χ1) is 7.62. The minimum absolute atomic E-state index is 0.230. The van der Waals surface area contributed by atoms with E-state index < -0.39 is 11.4 Å². The maximum atomic E-state index is 13.5. The van der Waals surface area contributed by atoms with Gasteiger partial charge in [-0.25, -0.2) is 4.39 Å². The third kappa shape index (κ3) is 1.82. The van der Waals surface area contributed by atoms with Crippen LogP contribution >= 0.6 is 0 Å². The molecule has 1 unspecified atom stereocenters. The number of hydrogen-bond donors (Lipinski definition) is 1. The Morgan fingerprint density at radius 2 is 1.88 bits per heavy atom. The van der Waals surface area contributed by atoms with Crippen molar-refractivity contribution < 1.29 is 9.50 Å². The van der Waals surface area contributed by atoms with Crippen molar-refractivity contribution in [3.8, 4) is 0 Å². The van der Waals surface area contributed by atoms with E-state index in [-0.39, 0.29) is 5.56 Å². The third-order valence-electron chi connectivity index (χ3n) is 2.63. The molecule has 2 rings (SSSR count). The molecule has 82 valence electrons. The van der Waals surface area contributed by atoms with Crippen LogP contribution in [0, 0.1) is 5.82 Å². The highest BCUT2D eigenvalue weighted by atomic mass is 19.1. The molecule has 16 heavy (non-hydrogen) atoms. The number of aromatic nitrogens is 1. The zero-order chi connectivity index (χ0) is 11.6. The van der Waals surface area contributed by atoms with Crippen LogP contribution in [-0.4, -0.2) is 10.1 Å². The second-order valence-electron chi connectivity index (χ2n) is 3.79. The van der Waals surface area contributed by atoms with Crippen molar-refractivity contribution in [2.24, 2.45) is 0 Å². The predicted molar refractivity (Wildman–Crippen MR) is 59.3 cm³/mol. The summed E-state index contributed by atoms with van der Waals surface area (Å²) >= 11 is 0. The molecule has 1 aromatic carbocycles. The van der Waals surface area contributed by atoms with Crippen LogP contribution in [0.4, 0.5) is 4.39 Å². The highest BCUT2D eigenvalue weighted by Crippen LogP contribution is 2.29. The van der Waals surface area contributed by atoms with Gasteiger partial charge in [0, 0.05) is 11.8 Å². The molecular formula is C13H12FNO. The molecule has 1 N–H and O–H groups in total. The molecule has 3 heteroatoms. The summed E-state index contributed by atoms with van der Waals surface area (Å²) in [7, 11) is 0. The van der Waals surface area contributed by atoms with Crippen LogP contribution in [0.1, 0.15) is 18.1 Å². The first kappa shape index (κ1) is 10.8. The molecule has 2 aromatic rings. The summed E-state index contributed by atoms with van der Waals surface area (Å²) in [5.74, 6) is -0.503. The van der Waals surface area contributed by atoms with Crippen molar-refractivity contribution in [3.63, 3.8) is 0 Å². The molecule has 0 bridgehead atoms. The summed E-state index contributed by atoms with van der Waals surface area (Å²) in [6, 6.07) is 10.5. The lowest BCUT2D eigenvalue weighted by Gasteiger charge is -2.24. The van der Waals surface area contributed by atoms with Crippen LogP contribution in [0.3, 0.4) is 0 Å². The molecule has 1 atom stereocenters. The average Bonchev–Trinajstić information content (AvgIpc) is 2.30. The van der Waals surface area contributed by atoms with E-state index in [9.17, 15) is 9.50 Å². The van der Waals surface area contributed by atoms with Gasteiger partial charge in [-0.1, -0.05) is 30.3 Å². The zero-order valence-electron chi connectivity index (χ0n) is 8.89. The summed E-state index contributed by atoms with van der Waals surface area (Å²) < 4.78 is 13.5. The lowest BCUT2D eigenvalue weighted by molar-refractivity contribution is 0.0978. The monoisotopic (exact) mass is 217 g/mol. The van der Waals surface area contributed by atoms with Gasteiger partial charge in [0.25, 0.3) is 0 Å². The smallest absolute Gasteiger partial charge is 0.147 e. The Morgan fingerprint density at radius 3 is 2.50 bits per heavy atom. The number of nitrogens with zero attached hydrogens (tertiary/aromatic N) is 1. The van der Waals surface area contributed by atoms with Crippen LogP contribution in [0.25, 0.3) is 0 Å². The molecule has 0 spiro atoms. The summed E-state index contributed by atoms with van der Waals surface area (Å²) in [5.41, 5.74) is -0.456. The highest BCUT2D eigenvalue weighted by molar-refractivity contribution is 5.34. The fraction of sp³-hybridized carbons (Fsp3) is 0.154. The van der Waals surface area contributed by atoms with E-state index in [1.54, 1.807) is 19.1 Å². The Bertz CT molecular complexity index is 482. The molecule has 0 saturated heterocycles. The quantitative estimate of drug-likeness (QED) is 0.838. The van der Waals surface area contributed by atoms with Gasteiger partial charge in [0.1, 0.15) is 11.4 Å². The van der Waals surface area contributed by atoms with Gasteiger partial charge in [-0.15, -0.1) is 0 Å². The van der Waals surface area contributed by atoms with Crippen molar-refractivity contribution in [2.45, 2.75) is 12.5 Å². The van der Waals surface area contributed by atoms with Crippen LogP contribution in [0.2, 0.25) is 0 Å². The Balaban J connectivity index is 2.51.